The van der Waals surface area contributed by atoms with Crippen molar-refractivity contribution in [3.63, 3.8) is 0 Å². The number of piperazine rings is 1. The van der Waals surface area contributed by atoms with Crippen molar-refractivity contribution in [3.05, 3.63) is 24.3 Å². The van der Waals surface area contributed by atoms with E-state index in [1.54, 1.807) is 12.1 Å². The lowest BCUT2D eigenvalue weighted by molar-refractivity contribution is -0.148. The van der Waals surface area contributed by atoms with Gasteiger partial charge in [0, 0.05) is 26.2 Å². The molecule has 0 atom stereocenters. The molecule has 1 aliphatic rings. The molecule has 23 heavy (non-hydrogen) atoms. The van der Waals surface area contributed by atoms with Gasteiger partial charge in [0.05, 0.1) is 18.0 Å². The fourth-order valence-electron chi connectivity index (χ4n) is 2.41. The molecule has 1 saturated heterocycles. The Kier molecular flexibility index (Phi) is 5.53. The van der Waals surface area contributed by atoms with Gasteiger partial charge in [0.25, 0.3) is 0 Å². The lowest BCUT2D eigenvalue weighted by atomic mass is 10.3. The van der Waals surface area contributed by atoms with E-state index in [9.17, 15) is 21.6 Å². The van der Waals surface area contributed by atoms with Gasteiger partial charge in [-0.05, 0) is 31.2 Å². The maximum Gasteiger partial charge on any atom is 0.401 e. The molecule has 0 unspecified atom stereocenters. The Morgan fingerprint density at radius 1 is 1.09 bits per heavy atom. The minimum absolute atomic E-state index is 0.0472. The van der Waals surface area contributed by atoms with Crippen molar-refractivity contribution in [1.82, 2.24) is 9.21 Å². The van der Waals surface area contributed by atoms with E-state index in [2.05, 4.69) is 0 Å². The molecule has 5 nitrogen and oxygen atoms in total. The quantitative estimate of drug-likeness (QED) is 0.813. The van der Waals surface area contributed by atoms with Crippen LogP contribution in [0.2, 0.25) is 0 Å². The monoisotopic (exact) mass is 352 g/mol. The highest BCUT2D eigenvalue weighted by molar-refractivity contribution is 7.89. The zero-order valence-electron chi connectivity index (χ0n) is 12.7. The predicted molar refractivity (Wildman–Crippen MR) is 78.9 cm³/mol. The third-order valence-corrected chi connectivity index (χ3v) is 5.42. The molecule has 0 N–H and O–H groups in total. The van der Waals surface area contributed by atoms with Gasteiger partial charge in [-0.3, -0.25) is 4.90 Å². The summed E-state index contributed by atoms with van der Waals surface area (Å²) < 4.78 is 68.5. The number of sulfonamides is 1. The molecule has 2 rings (SSSR count). The smallest absolute Gasteiger partial charge is 0.401 e. The van der Waals surface area contributed by atoms with Crippen LogP contribution in [0.15, 0.2) is 29.2 Å². The van der Waals surface area contributed by atoms with Crippen LogP contribution in [0.4, 0.5) is 13.2 Å². The van der Waals surface area contributed by atoms with Gasteiger partial charge in [-0.25, -0.2) is 8.42 Å². The summed E-state index contributed by atoms with van der Waals surface area (Å²) in [5, 5.41) is 0. The van der Waals surface area contributed by atoms with E-state index in [1.807, 2.05) is 6.92 Å². The van der Waals surface area contributed by atoms with Gasteiger partial charge in [0.2, 0.25) is 10.0 Å². The molecule has 0 aromatic heterocycles. The van der Waals surface area contributed by atoms with E-state index in [0.717, 1.165) is 0 Å². The van der Waals surface area contributed by atoms with Crippen LogP contribution < -0.4 is 4.74 Å². The topological polar surface area (TPSA) is 49.9 Å². The van der Waals surface area contributed by atoms with Gasteiger partial charge in [0.15, 0.2) is 0 Å². The van der Waals surface area contributed by atoms with Crippen molar-refractivity contribution in [1.29, 1.82) is 0 Å². The molecule has 9 heteroatoms. The number of hydrogen-bond acceptors (Lipinski definition) is 4. The lowest BCUT2D eigenvalue weighted by Gasteiger charge is -2.34. The maximum absolute atomic E-state index is 12.5. The van der Waals surface area contributed by atoms with Crippen molar-refractivity contribution in [3.8, 4) is 5.75 Å². The Morgan fingerprint density at radius 3 is 2.13 bits per heavy atom. The summed E-state index contributed by atoms with van der Waals surface area (Å²) in [4.78, 5) is 1.33. The average molecular weight is 352 g/mol. The van der Waals surface area contributed by atoms with Crippen molar-refractivity contribution < 1.29 is 26.3 Å². The van der Waals surface area contributed by atoms with Crippen LogP contribution in [-0.4, -0.2) is 63.1 Å². The van der Waals surface area contributed by atoms with Gasteiger partial charge in [-0.1, -0.05) is 0 Å². The molecular weight excluding hydrogens is 333 g/mol. The Morgan fingerprint density at radius 2 is 1.65 bits per heavy atom. The summed E-state index contributed by atoms with van der Waals surface area (Å²) in [7, 11) is -3.69. The normalized spacial score (nSPS) is 18.1. The first-order valence-electron chi connectivity index (χ1n) is 7.24. The van der Waals surface area contributed by atoms with Crippen LogP contribution in [0.5, 0.6) is 5.75 Å². The molecule has 130 valence electrons. The van der Waals surface area contributed by atoms with E-state index >= 15 is 0 Å². The lowest BCUT2D eigenvalue weighted by Crippen LogP contribution is -2.50. The molecular formula is C14H19F3N2O3S. The molecule has 1 aromatic carbocycles. The molecule has 0 radical (unpaired) electrons. The van der Waals surface area contributed by atoms with Gasteiger partial charge < -0.3 is 4.74 Å². The first kappa shape index (κ1) is 18.0. The third-order valence-electron chi connectivity index (χ3n) is 3.51. The van der Waals surface area contributed by atoms with Gasteiger partial charge in [-0.2, -0.15) is 17.5 Å². The number of rotatable bonds is 5. The number of hydrogen-bond donors (Lipinski definition) is 0. The number of benzene rings is 1. The van der Waals surface area contributed by atoms with E-state index in [4.69, 9.17) is 4.74 Å². The minimum atomic E-state index is -4.27. The summed E-state index contributed by atoms with van der Waals surface area (Å²) in [6, 6.07) is 6.03. The van der Waals surface area contributed by atoms with Crippen LogP contribution in [0.1, 0.15) is 6.92 Å². The number of alkyl halides is 3. The highest BCUT2D eigenvalue weighted by Gasteiger charge is 2.34. The second kappa shape index (κ2) is 7.06. The van der Waals surface area contributed by atoms with Crippen LogP contribution >= 0.6 is 0 Å². The molecule has 0 spiro atoms. The molecule has 0 bridgehead atoms. The Bertz CT molecular complexity index is 609. The first-order chi connectivity index (χ1) is 10.7. The van der Waals surface area contributed by atoms with Crippen molar-refractivity contribution >= 4 is 10.0 Å². The van der Waals surface area contributed by atoms with Crippen LogP contribution in [-0.2, 0) is 10.0 Å². The minimum Gasteiger partial charge on any atom is -0.494 e. The first-order valence-corrected chi connectivity index (χ1v) is 8.68. The number of nitrogens with zero attached hydrogens (tertiary/aromatic N) is 2. The van der Waals surface area contributed by atoms with Crippen LogP contribution in [0, 0.1) is 0 Å². The SMILES string of the molecule is CCOc1ccc(S(=O)(=O)N2CCN(CC(F)(F)F)CC2)cc1. The molecule has 0 amide bonds. The third kappa shape index (κ3) is 4.82. The largest absolute Gasteiger partial charge is 0.494 e. The second-order valence-electron chi connectivity index (χ2n) is 5.20. The number of halogens is 3. The zero-order valence-corrected chi connectivity index (χ0v) is 13.5. The van der Waals surface area contributed by atoms with Crippen LogP contribution in [0.25, 0.3) is 0 Å². The summed E-state index contributed by atoms with van der Waals surface area (Å²) in [5.74, 6) is 0.571. The molecule has 1 aliphatic heterocycles. The Balaban J connectivity index is 2.01. The summed E-state index contributed by atoms with van der Waals surface area (Å²) in [6.45, 7) is 1.52. The average Bonchev–Trinajstić information content (AvgIpc) is 2.47. The van der Waals surface area contributed by atoms with E-state index in [0.29, 0.717) is 12.4 Å². The second-order valence-corrected chi connectivity index (χ2v) is 7.14. The van der Waals surface area contributed by atoms with Crippen molar-refractivity contribution in [2.24, 2.45) is 0 Å². The summed E-state index contributed by atoms with van der Waals surface area (Å²) in [5.41, 5.74) is 0. The molecule has 1 aromatic rings. The molecule has 0 saturated carbocycles. The number of ether oxygens (including phenoxy) is 1. The Hall–Kier alpha value is -1.32. The molecule has 1 heterocycles. The maximum atomic E-state index is 12.5. The standard InChI is InChI=1S/C14H19F3N2O3S/c1-2-22-12-3-5-13(6-4-12)23(20,21)19-9-7-18(8-10-19)11-14(15,16)17/h3-6H,2,7-11H2,1H3. The summed E-state index contributed by atoms with van der Waals surface area (Å²) in [6.07, 6.45) is -4.27. The highest BCUT2D eigenvalue weighted by atomic mass is 32.2. The van der Waals surface area contributed by atoms with Crippen molar-refractivity contribution in [2.45, 2.75) is 18.0 Å². The summed E-state index contributed by atoms with van der Waals surface area (Å²) >= 11 is 0. The predicted octanol–water partition coefficient (Wildman–Crippen LogP) is 1.95. The zero-order chi connectivity index (χ0) is 17.1. The van der Waals surface area contributed by atoms with E-state index in [1.165, 1.54) is 21.3 Å². The van der Waals surface area contributed by atoms with Gasteiger partial charge >= 0.3 is 6.18 Å². The fraction of sp³-hybridized carbons (Fsp3) is 0.571. The highest BCUT2D eigenvalue weighted by Crippen LogP contribution is 2.22. The molecule has 1 fully saturated rings. The van der Waals surface area contributed by atoms with Gasteiger partial charge in [-0.15, -0.1) is 0 Å². The van der Waals surface area contributed by atoms with E-state index < -0.39 is 22.7 Å². The van der Waals surface area contributed by atoms with Crippen molar-refractivity contribution in [2.75, 3.05) is 39.3 Å². The molecule has 0 aliphatic carbocycles. The van der Waals surface area contributed by atoms with E-state index in [-0.39, 0.29) is 31.1 Å². The fourth-order valence-corrected chi connectivity index (χ4v) is 3.83. The Labute approximate surface area is 133 Å². The van der Waals surface area contributed by atoms with Gasteiger partial charge in [0.1, 0.15) is 5.75 Å². The van der Waals surface area contributed by atoms with Crippen LogP contribution in [0.3, 0.4) is 0 Å².